The summed E-state index contributed by atoms with van der Waals surface area (Å²) in [6.45, 7) is 1.41. The van der Waals surface area contributed by atoms with Crippen LogP contribution in [0.25, 0.3) is 0 Å². The van der Waals surface area contributed by atoms with Gasteiger partial charge in [0.2, 0.25) is 0 Å². The molecule has 0 unspecified atom stereocenters. The molecule has 0 heterocycles. The van der Waals surface area contributed by atoms with Crippen molar-refractivity contribution in [2.45, 2.75) is 11.8 Å². The maximum absolute atomic E-state index is 11.3. The Labute approximate surface area is 82.5 Å². The van der Waals surface area contributed by atoms with Crippen molar-refractivity contribution in [1.29, 1.82) is 0 Å². The average Bonchev–Trinajstić information content (AvgIpc) is 2.04. The molecule has 0 fully saturated rings. The van der Waals surface area contributed by atoms with Crippen LogP contribution < -0.4 is 0 Å². The predicted octanol–water partition coefficient (Wildman–Crippen LogP) is 1.74. The lowest BCUT2D eigenvalue weighted by Crippen LogP contribution is -2.08. The first kappa shape index (κ1) is 10.1. The van der Waals surface area contributed by atoms with Crippen molar-refractivity contribution in [3.8, 4) is 0 Å². The predicted molar refractivity (Wildman–Crippen MR) is 53.0 cm³/mol. The highest BCUT2D eigenvalue weighted by Gasteiger charge is 2.14. The van der Waals surface area contributed by atoms with Crippen molar-refractivity contribution >= 4 is 27.4 Å². The van der Waals surface area contributed by atoms with Crippen LogP contribution in [0.2, 0.25) is 0 Å². The summed E-state index contributed by atoms with van der Waals surface area (Å²) in [5, 5.41) is -0.0103. The fraction of sp³-hybridized carbons (Fsp3) is 0.125. The van der Waals surface area contributed by atoms with Crippen LogP contribution in [0.1, 0.15) is 6.92 Å². The maximum atomic E-state index is 11.3. The van der Waals surface area contributed by atoms with E-state index in [9.17, 15) is 8.42 Å². The van der Waals surface area contributed by atoms with E-state index < -0.39 is 10.1 Å². The molecule has 0 saturated heterocycles. The maximum Gasteiger partial charge on any atom is 0.339 e. The molecule has 0 aliphatic carbocycles. The summed E-state index contributed by atoms with van der Waals surface area (Å²) >= 11 is 4.54. The van der Waals surface area contributed by atoms with Gasteiger partial charge < -0.3 is 4.18 Å². The number of benzene rings is 1. The second kappa shape index (κ2) is 3.85. The van der Waals surface area contributed by atoms with Crippen LogP contribution in [0.5, 0.6) is 0 Å². The van der Waals surface area contributed by atoms with Gasteiger partial charge in [0, 0.05) is 6.92 Å². The van der Waals surface area contributed by atoms with E-state index in [-0.39, 0.29) is 9.95 Å². The fourth-order valence-electron chi connectivity index (χ4n) is 0.790. The Morgan fingerprint density at radius 2 is 1.85 bits per heavy atom. The molecule has 0 N–H and O–H groups in total. The molecule has 0 saturated carbocycles. The van der Waals surface area contributed by atoms with Crippen molar-refractivity contribution in [3.05, 3.63) is 30.3 Å². The van der Waals surface area contributed by atoms with Gasteiger partial charge >= 0.3 is 10.1 Å². The quantitative estimate of drug-likeness (QED) is 0.558. The van der Waals surface area contributed by atoms with E-state index in [1.165, 1.54) is 19.1 Å². The van der Waals surface area contributed by atoms with Crippen molar-refractivity contribution in [1.82, 2.24) is 0 Å². The van der Waals surface area contributed by atoms with Gasteiger partial charge in [0.05, 0.1) is 0 Å². The molecule has 0 spiro atoms. The normalized spacial score (nSPS) is 10.8. The van der Waals surface area contributed by atoms with Crippen molar-refractivity contribution in [2.75, 3.05) is 0 Å². The summed E-state index contributed by atoms with van der Waals surface area (Å²) < 4.78 is 27.2. The minimum atomic E-state index is -3.70. The zero-order chi connectivity index (χ0) is 9.90. The molecule has 0 aliphatic heterocycles. The lowest BCUT2D eigenvalue weighted by molar-refractivity contribution is 0.486. The third kappa shape index (κ3) is 2.78. The molecular weight excluding hydrogens is 208 g/mol. The van der Waals surface area contributed by atoms with Gasteiger partial charge in [0.1, 0.15) is 4.90 Å². The Morgan fingerprint density at radius 3 is 2.31 bits per heavy atom. The van der Waals surface area contributed by atoms with E-state index in [1.54, 1.807) is 18.2 Å². The Morgan fingerprint density at radius 1 is 1.31 bits per heavy atom. The van der Waals surface area contributed by atoms with Crippen LogP contribution >= 0.6 is 12.2 Å². The number of hydrogen-bond acceptors (Lipinski definition) is 4. The topological polar surface area (TPSA) is 43.4 Å². The van der Waals surface area contributed by atoms with Gasteiger partial charge in [-0.15, -0.1) is 0 Å². The highest BCUT2D eigenvalue weighted by atomic mass is 32.2. The lowest BCUT2D eigenvalue weighted by Gasteiger charge is -2.03. The molecule has 1 rings (SSSR count). The molecule has 0 aromatic heterocycles. The molecule has 0 radical (unpaired) electrons. The molecule has 3 nitrogen and oxygen atoms in total. The molecule has 0 atom stereocenters. The zero-order valence-corrected chi connectivity index (χ0v) is 8.56. The first-order valence-corrected chi connectivity index (χ1v) is 5.34. The molecular formula is C8H8O3S2. The van der Waals surface area contributed by atoms with Crippen molar-refractivity contribution in [3.63, 3.8) is 0 Å². The van der Waals surface area contributed by atoms with E-state index in [0.717, 1.165) is 0 Å². The summed E-state index contributed by atoms with van der Waals surface area (Å²) in [5.74, 6) is 0. The third-order valence-corrected chi connectivity index (χ3v) is 2.77. The van der Waals surface area contributed by atoms with Crippen LogP contribution in [0, 0.1) is 0 Å². The molecule has 1 aromatic rings. The number of thiocarbonyl (C=S) groups is 1. The highest BCUT2D eigenvalue weighted by Crippen LogP contribution is 2.11. The second-order valence-corrected chi connectivity index (χ2v) is 4.46. The molecule has 0 amide bonds. The average molecular weight is 216 g/mol. The summed E-state index contributed by atoms with van der Waals surface area (Å²) in [7, 11) is -3.70. The van der Waals surface area contributed by atoms with Crippen LogP contribution in [-0.4, -0.2) is 13.5 Å². The Kier molecular flexibility index (Phi) is 3.00. The zero-order valence-electron chi connectivity index (χ0n) is 6.93. The largest absolute Gasteiger partial charge is 0.372 e. The Hall–Kier alpha value is -0.940. The van der Waals surface area contributed by atoms with E-state index >= 15 is 0 Å². The van der Waals surface area contributed by atoms with Crippen LogP contribution in [0.15, 0.2) is 35.2 Å². The molecule has 0 aliphatic rings. The minimum Gasteiger partial charge on any atom is -0.372 e. The van der Waals surface area contributed by atoms with E-state index in [1.807, 2.05) is 0 Å². The summed E-state index contributed by atoms with van der Waals surface area (Å²) in [6, 6.07) is 7.87. The molecule has 13 heavy (non-hydrogen) atoms. The lowest BCUT2D eigenvalue weighted by atomic mass is 10.4. The summed E-state index contributed by atoms with van der Waals surface area (Å²) in [4.78, 5) is 0.110. The van der Waals surface area contributed by atoms with Gasteiger partial charge in [-0.05, 0) is 24.4 Å². The van der Waals surface area contributed by atoms with Crippen LogP contribution in [-0.2, 0) is 14.3 Å². The van der Waals surface area contributed by atoms with E-state index in [2.05, 4.69) is 16.4 Å². The molecule has 0 bridgehead atoms. The van der Waals surface area contributed by atoms with Gasteiger partial charge in [-0.2, -0.15) is 8.42 Å². The molecule has 1 aromatic carbocycles. The first-order valence-electron chi connectivity index (χ1n) is 3.52. The van der Waals surface area contributed by atoms with Gasteiger partial charge in [0.25, 0.3) is 0 Å². The first-order chi connectivity index (χ1) is 6.02. The highest BCUT2D eigenvalue weighted by molar-refractivity contribution is 7.88. The third-order valence-electron chi connectivity index (χ3n) is 1.26. The Bertz CT molecular complexity index is 395. The van der Waals surface area contributed by atoms with Crippen LogP contribution in [0.3, 0.4) is 0 Å². The van der Waals surface area contributed by atoms with E-state index in [4.69, 9.17) is 0 Å². The molecule has 5 heteroatoms. The Balaban J connectivity index is 3.02. The smallest absolute Gasteiger partial charge is 0.339 e. The van der Waals surface area contributed by atoms with Crippen molar-refractivity contribution in [2.24, 2.45) is 0 Å². The van der Waals surface area contributed by atoms with Gasteiger partial charge in [-0.25, -0.2) is 0 Å². The summed E-state index contributed by atoms with van der Waals surface area (Å²) in [6.07, 6.45) is 0. The van der Waals surface area contributed by atoms with Gasteiger partial charge in [-0.1, -0.05) is 18.2 Å². The minimum absolute atomic E-state index is 0.0103. The number of hydrogen-bond donors (Lipinski definition) is 0. The monoisotopic (exact) mass is 216 g/mol. The number of rotatable bonds is 2. The van der Waals surface area contributed by atoms with Crippen LogP contribution in [0.4, 0.5) is 0 Å². The summed E-state index contributed by atoms with van der Waals surface area (Å²) in [5.41, 5.74) is 0. The van der Waals surface area contributed by atoms with Crippen molar-refractivity contribution < 1.29 is 12.6 Å². The standard InChI is InChI=1S/C8H8O3S2/c1-7(12)11-13(9,10)8-5-3-2-4-6-8/h2-6H,1H3. The SMILES string of the molecule is CC(=S)OS(=O)(=O)c1ccccc1. The second-order valence-electron chi connectivity index (χ2n) is 2.34. The fourth-order valence-corrected chi connectivity index (χ4v) is 1.95. The van der Waals surface area contributed by atoms with E-state index in [0.29, 0.717) is 0 Å². The van der Waals surface area contributed by atoms with Gasteiger partial charge in [-0.3, -0.25) is 0 Å². The van der Waals surface area contributed by atoms with Gasteiger partial charge in [0.15, 0.2) is 5.05 Å². The molecule has 70 valence electrons.